The molecule has 1 fully saturated rings. The lowest BCUT2D eigenvalue weighted by Gasteiger charge is -2.37. The fourth-order valence-electron chi connectivity index (χ4n) is 3.46. The zero-order valence-electron chi connectivity index (χ0n) is 11.3. The summed E-state index contributed by atoms with van der Waals surface area (Å²) in [7, 11) is 0. The van der Waals surface area contributed by atoms with Gasteiger partial charge in [0.15, 0.2) is 0 Å². The molecule has 0 saturated heterocycles. The number of benzene rings is 1. The molecule has 1 aliphatic carbocycles. The molecule has 0 heterocycles. The molecule has 0 aromatic heterocycles. The van der Waals surface area contributed by atoms with Crippen molar-refractivity contribution in [1.29, 1.82) is 0 Å². The second-order valence-electron chi connectivity index (χ2n) is 5.37. The summed E-state index contributed by atoms with van der Waals surface area (Å²) in [6, 6.07) is 10.2. The maximum absolute atomic E-state index is 10.7. The lowest BCUT2D eigenvalue weighted by atomic mass is 9.69. The molecule has 3 nitrogen and oxygen atoms in total. The van der Waals surface area contributed by atoms with Gasteiger partial charge in [0.05, 0.1) is 18.0 Å². The highest BCUT2D eigenvalue weighted by molar-refractivity contribution is 7.74. The summed E-state index contributed by atoms with van der Waals surface area (Å²) in [5.74, 6) is 0.166. The molecule has 1 aliphatic rings. The van der Waals surface area contributed by atoms with Crippen LogP contribution in [0.25, 0.3) is 0 Å². The van der Waals surface area contributed by atoms with Gasteiger partial charge in [0.1, 0.15) is 0 Å². The van der Waals surface area contributed by atoms with Crippen molar-refractivity contribution in [2.45, 2.75) is 44.9 Å². The Labute approximate surface area is 117 Å². The van der Waals surface area contributed by atoms with E-state index in [0.717, 1.165) is 19.3 Å². The first kappa shape index (κ1) is 14.7. The standard InChI is InChI=1S/C15H22O3S/c1-2-15(10-6-7-11-15)14(12-18-19(16)17)13-8-4-3-5-9-13/h3-5,8-9,14H,2,6-7,10-12H2,1H3,(H,16,17)/p-1. The van der Waals surface area contributed by atoms with Gasteiger partial charge in [0.25, 0.3) is 0 Å². The average Bonchev–Trinajstić information content (AvgIpc) is 2.90. The summed E-state index contributed by atoms with van der Waals surface area (Å²) in [4.78, 5) is 0. The Balaban J connectivity index is 2.25. The predicted octanol–water partition coefficient (Wildman–Crippen LogP) is 3.55. The SMILES string of the molecule is CCC1(C(COS(=O)[O-])c2ccccc2)CCCC1. The largest absolute Gasteiger partial charge is 0.750 e. The van der Waals surface area contributed by atoms with Crippen molar-refractivity contribution in [3.05, 3.63) is 35.9 Å². The summed E-state index contributed by atoms with van der Waals surface area (Å²) >= 11 is -2.43. The molecule has 4 heteroatoms. The summed E-state index contributed by atoms with van der Waals surface area (Å²) < 4.78 is 26.4. The van der Waals surface area contributed by atoms with E-state index in [1.165, 1.54) is 18.4 Å². The molecule has 0 amide bonds. The summed E-state index contributed by atoms with van der Waals surface area (Å²) in [6.45, 7) is 2.46. The third-order valence-corrected chi connectivity index (χ3v) is 4.90. The zero-order valence-corrected chi connectivity index (χ0v) is 12.2. The van der Waals surface area contributed by atoms with E-state index in [1.807, 2.05) is 18.2 Å². The molecule has 106 valence electrons. The molecule has 1 aromatic rings. The Morgan fingerprint density at radius 2 is 1.95 bits per heavy atom. The van der Waals surface area contributed by atoms with Crippen molar-refractivity contribution in [2.75, 3.05) is 6.61 Å². The van der Waals surface area contributed by atoms with E-state index in [-0.39, 0.29) is 17.9 Å². The zero-order chi connectivity index (χ0) is 13.7. The van der Waals surface area contributed by atoms with Gasteiger partial charge < -0.3 is 8.74 Å². The van der Waals surface area contributed by atoms with E-state index in [4.69, 9.17) is 4.18 Å². The molecule has 1 aromatic carbocycles. The van der Waals surface area contributed by atoms with Gasteiger partial charge >= 0.3 is 0 Å². The summed E-state index contributed by atoms with van der Waals surface area (Å²) in [6.07, 6.45) is 5.87. The Bertz CT molecular complexity index is 413. The quantitative estimate of drug-likeness (QED) is 0.749. The normalized spacial score (nSPS) is 21.2. The highest BCUT2D eigenvalue weighted by Gasteiger charge is 2.40. The van der Waals surface area contributed by atoms with Crippen LogP contribution in [0.1, 0.15) is 50.5 Å². The Morgan fingerprint density at radius 3 is 2.47 bits per heavy atom. The van der Waals surface area contributed by atoms with Crippen LogP contribution in [-0.2, 0) is 15.5 Å². The molecule has 19 heavy (non-hydrogen) atoms. The smallest absolute Gasteiger partial charge is 0.0842 e. The van der Waals surface area contributed by atoms with Crippen molar-refractivity contribution < 1.29 is 12.9 Å². The third kappa shape index (κ3) is 3.44. The summed E-state index contributed by atoms with van der Waals surface area (Å²) in [5, 5.41) is 0. The van der Waals surface area contributed by atoms with Gasteiger partial charge in [0, 0.05) is 5.92 Å². The molecule has 1 saturated carbocycles. The molecule has 2 unspecified atom stereocenters. The topological polar surface area (TPSA) is 49.4 Å². The van der Waals surface area contributed by atoms with Crippen LogP contribution < -0.4 is 0 Å². The second-order valence-corrected chi connectivity index (χ2v) is 6.02. The second kappa shape index (κ2) is 6.64. The summed E-state index contributed by atoms with van der Waals surface area (Å²) in [5.41, 5.74) is 1.39. The third-order valence-electron chi connectivity index (χ3n) is 4.58. The highest BCUT2D eigenvalue weighted by atomic mass is 32.2. The first-order chi connectivity index (χ1) is 9.18. The van der Waals surface area contributed by atoms with Crippen molar-refractivity contribution in [3.8, 4) is 0 Å². The highest BCUT2D eigenvalue weighted by Crippen LogP contribution is 2.51. The van der Waals surface area contributed by atoms with Gasteiger partial charge in [-0.25, -0.2) is 4.21 Å². The monoisotopic (exact) mass is 281 g/mol. The van der Waals surface area contributed by atoms with E-state index in [1.54, 1.807) is 0 Å². The Hall–Kier alpha value is -0.710. The molecule has 0 spiro atoms. The lowest BCUT2D eigenvalue weighted by Crippen LogP contribution is -2.29. The first-order valence-electron chi connectivity index (χ1n) is 6.95. The van der Waals surface area contributed by atoms with Gasteiger partial charge in [-0.1, -0.05) is 50.1 Å². The van der Waals surface area contributed by atoms with Gasteiger partial charge in [-0.05, 0) is 30.2 Å². The molecular weight excluding hydrogens is 260 g/mol. The average molecular weight is 281 g/mol. The molecule has 2 atom stereocenters. The minimum Gasteiger partial charge on any atom is -0.750 e. The molecule has 0 radical (unpaired) electrons. The first-order valence-corrected chi connectivity index (χ1v) is 7.95. The van der Waals surface area contributed by atoms with E-state index < -0.39 is 11.4 Å². The van der Waals surface area contributed by atoms with Crippen molar-refractivity contribution >= 4 is 11.4 Å². The van der Waals surface area contributed by atoms with Gasteiger partial charge in [-0.3, -0.25) is 0 Å². The Morgan fingerprint density at radius 1 is 1.32 bits per heavy atom. The molecular formula is C15H21O3S-. The lowest BCUT2D eigenvalue weighted by molar-refractivity contribution is 0.153. The predicted molar refractivity (Wildman–Crippen MR) is 75.2 cm³/mol. The van der Waals surface area contributed by atoms with Crippen LogP contribution in [0, 0.1) is 5.41 Å². The minimum atomic E-state index is -2.43. The van der Waals surface area contributed by atoms with Crippen LogP contribution in [0.5, 0.6) is 0 Å². The van der Waals surface area contributed by atoms with Crippen molar-refractivity contribution in [1.82, 2.24) is 0 Å². The van der Waals surface area contributed by atoms with Crippen LogP contribution in [-0.4, -0.2) is 15.4 Å². The van der Waals surface area contributed by atoms with E-state index in [2.05, 4.69) is 19.1 Å². The number of hydrogen-bond acceptors (Lipinski definition) is 3. The van der Waals surface area contributed by atoms with Crippen LogP contribution in [0.3, 0.4) is 0 Å². The molecule has 2 rings (SSSR count). The van der Waals surface area contributed by atoms with Crippen molar-refractivity contribution in [3.63, 3.8) is 0 Å². The maximum Gasteiger partial charge on any atom is 0.0842 e. The van der Waals surface area contributed by atoms with Gasteiger partial charge in [-0.15, -0.1) is 0 Å². The van der Waals surface area contributed by atoms with Crippen LogP contribution in [0.4, 0.5) is 0 Å². The number of rotatable bonds is 6. The fraction of sp³-hybridized carbons (Fsp3) is 0.600. The molecule has 0 bridgehead atoms. The minimum absolute atomic E-state index is 0.166. The van der Waals surface area contributed by atoms with Crippen LogP contribution >= 0.6 is 0 Å². The Kier molecular flexibility index (Phi) is 5.13. The van der Waals surface area contributed by atoms with Crippen molar-refractivity contribution in [2.24, 2.45) is 5.41 Å². The van der Waals surface area contributed by atoms with E-state index in [0.29, 0.717) is 0 Å². The molecule has 0 N–H and O–H groups in total. The van der Waals surface area contributed by atoms with E-state index in [9.17, 15) is 8.76 Å². The van der Waals surface area contributed by atoms with Crippen LogP contribution in [0.15, 0.2) is 30.3 Å². The van der Waals surface area contributed by atoms with E-state index >= 15 is 0 Å². The molecule has 0 aliphatic heterocycles. The fourth-order valence-corrected chi connectivity index (χ4v) is 3.71. The maximum atomic E-state index is 10.7. The number of hydrogen-bond donors (Lipinski definition) is 0. The van der Waals surface area contributed by atoms with Crippen LogP contribution in [0.2, 0.25) is 0 Å². The van der Waals surface area contributed by atoms with Gasteiger partial charge in [0.2, 0.25) is 0 Å². The van der Waals surface area contributed by atoms with Gasteiger partial charge in [-0.2, -0.15) is 0 Å².